The van der Waals surface area contributed by atoms with E-state index in [1.54, 1.807) is 6.07 Å². The van der Waals surface area contributed by atoms with Crippen LogP contribution in [0.4, 0.5) is 0 Å². The number of nitrogens with one attached hydrogen (secondary N) is 1. The number of aromatic nitrogens is 1. The molecule has 0 radical (unpaired) electrons. The minimum Gasteiger partial charge on any atom is -0.322 e. The molecule has 0 saturated carbocycles. The fourth-order valence-electron chi connectivity index (χ4n) is 1.23. The molecule has 1 heterocycles. The van der Waals surface area contributed by atoms with Gasteiger partial charge in [0.05, 0.1) is 5.35 Å². The number of carbonyl (C=O) groups is 1. The molecule has 0 saturated heterocycles. The van der Waals surface area contributed by atoms with E-state index in [4.69, 9.17) is 0 Å². The predicted molar refractivity (Wildman–Crippen MR) is 44.9 cm³/mol. The summed E-state index contributed by atoms with van der Waals surface area (Å²) in [4.78, 5) is 24.4. The van der Waals surface area contributed by atoms with E-state index in [0.717, 1.165) is 5.22 Å². The van der Waals surface area contributed by atoms with Gasteiger partial charge in [0.15, 0.2) is 5.78 Å². The molecule has 0 aromatic carbocycles. The molecule has 1 aliphatic rings. The van der Waals surface area contributed by atoms with Crippen LogP contribution in [0.25, 0.3) is 12.2 Å². The number of hydrogen-bond acceptors (Lipinski definition) is 2. The monoisotopic (exact) mass is 161 g/mol. The average Bonchev–Trinajstić information content (AvgIpc) is 2.03. The van der Waals surface area contributed by atoms with Gasteiger partial charge < -0.3 is 4.98 Å². The van der Waals surface area contributed by atoms with Crippen LogP contribution in [0.5, 0.6) is 0 Å². The summed E-state index contributed by atoms with van der Waals surface area (Å²) in [6, 6.07) is 3.18. The molecule has 1 aromatic rings. The van der Waals surface area contributed by atoms with Crippen molar-refractivity contribution in [2.24, 2.45) is 0 Å². The number of pyridine rings is 1. The van der Waals surface area contributed by atoms with Crippen LogP contribution in [-0.4, -0.2) is 10.8 Å². The summed E-state index contributed by atoms with van der Waals surface area (Å²) < 4.78 is 0. The second-order valence-corrected chi connectivity index (χ2v) is 2.71. The summed E-state index contributed by atoms with van der Waals surface area (Å²) in [7, 11) is 0. The highest BCUT2D eigenvalue weighted by Crippen LogP contribution is 1.87. The Morgan fingerprint density at radius 3 is 2.92 bits per heavy atom. The number of H-pyrrole nitrogens is 1. The Kier molecular flexibility index (Phi) is 1.43. The summed E-state index contributed by atoms with van der Waals surface area (Å²) in [5.41, 5.74) is -0.173. The van der Waals surface area contributed by atoms with Crippen molar-refractivity contribution in [2.45, 2.75) is 6.42 Å². The van der Waals surface area contributed by atoms with E-state index >= 15 is 0 Å². The smallest absolute Gasteiger partial charge is 0.248 e. The first-order valence-electron chi connectivity index (χ1n) is 3.70. The summed E-state index contributed by atoms with van der Waals surface area (Å²) in [6.45, 7) is 0. The third-order valence-corrected chi connectivity index (χ3v) is 1.81. The van der Waals surface area contributed by atoms with Gasteiger partial charge in [-0.3, -0.25) is 9.59 Å². The molecule has 0 unspecified atom stereocenters. The molecule has 60 valence electrons. The highest BCUT2D eigenvalue weighted by molar-refractivity contribution is 6.08. The normalized spacial score (nSPS) is 14.5. The Hall–Kier alpha value is -1.64. The predicted octanol–water partition coefficient (Wildman–Crippen LogP) is -1.09. The molecule has 0 amide bonds. The van der Waals surface area contributed by atoms with Crippen LogP contribution in [0, 0.1) is 0 Å². The first-order valence-corrected chi connectivity index (χ1v) is 3.70. The minimum absolute atomic E-state index is 0.0318. The Morgan fingerprint density at radius 1 is 1.25 bits per heavy atom. The molecule has 1 aromatic heterocycles. The number of Topliss-reactive ketones (excluding diaryl/α,β-unsaturated/α-hetero) is 1. The van der Waals surface area contributed by atoms with Crippen LogP contribution in [0.2, 0.25) is 0 Å². The number of ketones is 1. The van der Waals surface area contributed by atoms with Gasteiger partial charge in [0.1, 0.15) is 0 Å². The number of fused-ring (bicyclic) bond motifs is 1. The van der Waals surface area contributed by atoms with Gasteiger partial charge in [-0.1, -0.05) is 6.08 Å². The van der Waals surface area contributed by atoms with Crippen LogP contribution < -0.4 is 16.1 Å². The van der Waals surface area contributed by atoms with Crippen LogP contribution >= 0.6 is 0 Å². The number of rotatable bonds is 0. The molecule has 1 aliphatic carbocycles. The topological polar surface area (TPSA) is 49.9 Å². The van der Waals surface area contributed by atoms with E-state index in [1.165, 1.54) is 12.1 Å². The van der Waals surface area contributed by atoms with Crippen molar-refractivity contribution in [1.82, 2.24) is 4.98 Å². The van der Waals surface area contributed by atoms with Crippen molar-refractivity contribution in [1.29, 1.82) is 0 Å². The van der Waals surface area contributed by atoms with E-state index in [9.17, 15) is 9.59 Å². The molecule has 1 N–H and O–H groups in total. The van der Waals surface area contributed by atoms with Crippen molar-refractivity contribution in [3.05, 3.63) is 33.1 Å². The number of hydrogen-bond donors (Lipinski definition) is 1. The second-order valence-electron chi connectivity index (χ2n) is 2.71. The van der Waals surface area contributed by atoms with E-state index in [0.29, 0.717) is 11.8 Å². The Bertz CT molecular complexity index is 496. The van der Waals surface area contributed by atoms with Gasteiger partial charge in [-0.25, -0.2) is 0 Å². The van der Waals surface area contributed by atoms with E-state index in [-0.39, 0.29) is 11.3 Å². The Morgan fingerprint density at radius 2 is 2.08 bits per heavy atom. The van der Waals surface area contributed by atoms with E-state index < -0.39 is 0 Å². The molecular weight excluding hydrogens is 154 g/mol. The Balaban J connectivity index is 2.90. The molecular formula is C9H7NO2. The fraction of sp³-hybridized carbons (Fsp3) is 0.111. The molecule has 0 spiro atoms. The van der Waals surface area contributed by atoms with Crippen molar-refractivity contribution in [2.75, 3.05) is 0 Å². The zero-order chi connectivity index (χ0) is 8.55. The SMILES string of the molecule is O=C1C=c2[nH]c(=O)ccc2=CC1. The van der Waals surface area contributed by atoms with E-state index in [2.05, 4.69) is 4.98 Å². The third kappa shape index (κ3) is 1.09. The lowest BCUT2D eigenvalue weighted by atomic mass is 10.1. The van der Waals surface area contributed by atoms with Crippen molar-refractivity contribution in [3.63, 3.8) is 0 Å². The van der Waals surface area contributed by atoms with Crippen molar-refractivity contribution in [3.8, 4) is 0 Å². The average molecular weight is 161 g/mol. The van der Waals surface area contributed by atoms with Gasteiger partial charge in [0.25, 0.3) is 0 Å². The van der Waals surface area contributed by atoms with Crippen LogP contribution in [0.3, 0.4) is 0 Å². The van der Waals surface area contributed by atoms with Gasteiger partial charge in [0, 0.05) is 18.6 Å². The molecule has 2 rings (SSSR count). The quantitative estimate of drug-likeness (QED) is 0.525. The van der Waals surface area contributed by atoms with Gasteiger partial charge in [-0.05, 0) is 11.3 Å². The lowest BCUT2D eigenvalue weighted by Crippen LogP contribution is -2.36. The molecule has 0 atom stereocenters. The molecule has 0 fully saturated rings. The second kappa shape index (κ2) is 2.44. The van der Waals surface area contributed by atoms with Gasteiger partial charge in [-0.15, -0.1) is 0 Å². The van der Waals surface area contributed by atoms with Crippen LogP contribution in [0.15, 0.2) is 16.9 Å². The highest BCUT2D eigenvalue weighted by atomic mass is 16.1. The molecule has 3 heteroatoms. The minimum atomic E-state index is -0.173. The maximum Gasteiger partial charge on any atom is 0.248 e. The molecule has 0 aliphatic heterocycles. The fourth-order valence-corrected chi connectivity index (χ4v) is 1.23. The lowest BCUT2D eigenvalue weighted by Gasteiger charge is -1.96. The standard InChI is InChI=1S/C9H7NO2/c11-7-3-1-6-2-4-9(12)10-8(6)5-7/h1-2,4-5H,3H2,(H,10,12). The van der Waals surface area contributed by atoms with Crippen LogP contribution in [0.1, 0.15) is 6.42 Å². The first kappa shape index (κ1) is 7.03. The number of aromatic amines is 1. The van der Waals surface area contributed by atoms with Crippen molar-refractivity contribution < 1.29 is 4.79 Å². The maximum atomic E-state index is 10.9. The van der Waals surface area contributed by atoms with Gasteiger partial charge in [0.2, 0.25) is 5.56 Å². The summed E-state index contributed by atoms with van der Waals surface area (Å²) in [6.07, 6.45) is 3.71. The lowest BCUT2D eigenvalue weighted by molar-refractivity contribution is -0.112. The molecule has 0 bridgehead atoms. The van der Waals surface area contributed by atoms with Gasteiger partial charge in [-0.2, -0.15) is 0 Å². The maximum absolute atomic E-state index is 10.9. The third-order valence-electron chi connectivity index (χ3n) is 1.81. The Labute approximate surface area is 68.0 Å². The largest absolute Gasteiger partial charge is 0.322 e. The zero-order valence-electron chi connectivity index (χ0n) is 6.33. The van der Waals surface area contributed by atoms with E-state index in [1.807, 2.05) is 6.08 Å². The molecule has 3 nitrogen and oxygen atoms in total. The van der Waals surface area contributed by atoms with Gasteiger partial charge >= 0.3 is 0 Å². The van der Waals surface area contributed by atoms with Crippen molar-refractivity contribution >= 4 is 17.9 Å². The summed E-state index contributed by atoms with van der Waals surface area (Å²) >= 11 is 0. The summed E-state index contributed by atoms with van der Waals surface area (Å²) in [5.74, 6) is 0.0318. The summed E-state index contributed by atoms with van der Waals surface area (Å²) in [5, 5.41) is 1.55. The zero-order valence-corrected chi connectivity index (χ0v) is 6.33. The first-order chi connectivity index (χ1) is 5.75. The van der Waals surface area contributed by atoms with Crippen LogP contribution in [-0.2, 0) is 4.79 Å². The number of carbonyl (C=O) groups excluding carboxylic acids is 1. The molecule has 12 heavy (non-hydrogen) atoms. The highest BCUT2D eigenvalue weighted by Gasteiger charge is 2.00.